The minimum atomic E-state index is 0.512. The number of hydrogen-bond donors (Lipinski definition) is 2. The number of rotatable bonds is 6. The van der Waals surface area contributed by atoms with Crippen LogP contribution in [-0.2, 0) is 6.42 Å². The molecule has 1 aliphatic heterocycles. The van der Waals surface area contributed by atoms with Crippen molar-refractivity contribution in [2.45, 2.75) is 71.4 Å². The van der Waals surface area contributed by atoms with Crippen molar-refractivity contribution in [1.82, 2.24) is 20.7 Å². The van der Waals surface area contributed by atoms with Crippen molar-refractivity contribution in [2.75, 3.05) is 26.2 Å². The number of nitrogens with one attached hydrogen (secondary N) is 2. The van der Waals surface area contributed by atoms with Crippen molar-refractivity contribution in [3.05, 3.63) is 17.0 Å². The maximum Gasteiger partial charge on any atom is 0.191 e. The zero-order valence-corrected chi connectivity index (χ0v) is 16.0. The quantitative estimate of drug-likeness (QED) is 0.611. The first-order chi connectivity index (χ1) is 12.2. The van der Waals surface area contributed by atoms with Gasteiger partial charge in [-0.3, -0.25) is 9.89 Å². The van der Waals surface area contributed by atoms with Crippen LogP contribution in [-0.4, -0.2) is 54.3 Å². The van der Waals surface area contributed by atoms with Gasteiger partial charge in [-0.25, -0.2) is 0 Å². The molecule has 140 valence electrons. The standard InChI is InChI=1S/C19H33N5O/c1-4-20-19(21-11-9-18-14(2)23-25-15(18)3)22-16-10-12-24(13-16)17-7-5-6-8-17/h16-17H,4-13H2,1-3H3,(H2,20,21,22). The first-order valence-corrected chi connectivity index (χ1v) is 9.88. The van der Waals surface area contributed by atoms with Gasteiger partial charge < -0.3 is 15.2 Å². The fourth-order valence-corrected chi connectivity index (χ4v) is 4.16. The molecule has 6 nitrogen and oxygen atoms in total. The van der Waals surface area contributed by atoms with E-state index in [1.165, 1.54) is 44.2 Å². The molecule has 6 heteroatoms. The van der Waals surface area contributed by atoms with Crippen LogP contribution in [0.2, 0.25) is 0 Å². The average Bonchev–Trinajstić information content (AvgIpc) is 3.32. The third-order valence-electron chi connectivity index (χ3n) is 5.56. The molecular formula is C19H33N5O. The van der Waals surface area contributed by atoms with Crippen LogP contribution in [0.3, 0.4) is 0 Å². The van der Waals surface area contributed by atoms with Crippen molar-refractivity contribution in [2.24, 2.45) is 4.99 Å². The highest BCUT2D eigenvalue weighted by molar-refractivity contribution is 5.80. The van der Waals surface area contributed by atoms with Crippen LogP contribution in [0.15, 0.2) is 9.52 Å². The molecule has 1 atom stereocenters. The molecule has 1 saturated heterocycles. The first-order valence-electron chi connectivity index (χ1n) is 9.88. The molecule has 0 amide bonds. The summed E-state index contributed by atoms with van der Waals surface area (Å²) in [7, 11) is 0. The molecular weight excluding hydrogens is 314 g/mol. The number of aryl methyl sites for hydroxylation is 2. The smallest absolute Gasteiger partial charge is 0.191 e. The number of likely N-dealkylation sites (tertiary alicyclic amines) is 1. The summed E-state index contributed by atoms with van der Waals surface area (Å²) < 4.78 is 5.23. The molecule has 1 aliphatic carbocycles. The summed E-state index contributed by atoms with van der Waals surface area (Å²) in [5.74, 6) is 1.85. The number of aromatic nitrogens is 1. The number of aliphatic imine (C=N–C) groups is 1. The van der Waals surface area contributed by atoms with E-state index < -0.39 is 0 Å². The molecule has 0 bridgehead atoms. The highest BCUT2D eigenvalue weighted by Crippen LogP contribution is 2.26. The Kier molecular flexibility index (Phi) is 6.34. The summed E-state index contributed by atoms with van der Waals surface area (Å²) in [6, 6.07) is 1.34. The Bertz CT molecular complexity index is 557. The number of hydrogen-bond acceptors (Lipinski definition) is 4. The number of guanidine groups is 1. The Morgan fingerprint density at radius 2 is 2.08 bits per heavy atom. The van der Waals surface area contributed by atoms with E-state index in [1.54, 1.807) is 0 Å². The largest absolute Gasteiger partial charge is 0.361 e. The highest BCUT2D eigenvalue weighted by atomic mass is 16.5. The summed E-state index contributed by atoms with van der Waals surface area (Å²) in [4.78, 5) is 7.44. The van der Waals surface area contributed by atoms with Gasteiger partial charge in [0, 0.05) is 43.8 Å². The highest BCUT2D eigenvalue weighted by Gasteiger charge is 2.30. The van der Waals surface area contributed by atoms with Crippen LogP contribution in [0.5, 0.6) is 0 Å². The van der Waals surface area contributed by atoms with E-state index in [-0.39, 0.29) is 0 Å². The maximum atomic E-state index is 5.23. The fourth-order valence-electron chi connectivity index (χ4n) is 4.16. The fraction of sp³-hybridized carbons (Fsp3) is 0.789. The minimum Gasteiger partial charge on any atom is -0.361 e. The van der Waals surface area contributed by atoms with Gasteiger partial charge in [-0.05, 0) is 46.5 Å². The van der Waals surface area contributed by atoms with Gasteiger partial charge in [-0.1, -0.05) is 18.0 Å². The molecule has 0 aromatic carbocycles. The van der Waals surface area contributed by atoms with E-state index in [1.807, 2.05) is 13.8 Å². The lowest BCUT2D eigenvalue weighted by Crippen LogP contribution is -2.45. The summed E-state index contributed by atoms with van der Waals surface area (Å²) in [6.45, 7) is 10.1. The molecule has 2 aliphatic rings. The summed E-state index contributed by atoms with van der Waals surface area (Å²) in [6.07, 6.45) is 7.67. The third kappa shape index (κ3) is 4.75. The molecule has 0 spiro atoms. The number of nitrogens with zero attached hydrogens (tertiary/aromatic N) is 3. The van der Waals surface area contributed by atoms with Gasteiger partial charge in [-0.2, -0.15) is 0 Å². The van der Waals surface area contributed by atoms with Crippen molar-refractivity contribution < 1.29 is 4.52 Å². The normalized spacial score (nSPS) is 22.7. The van der Waals surface area contributed by atoms with E-state index in [4.69, 9.17) is 9.52 Å². The van der Waals surface area contributed by atoms with E-state index in [0.29, 0.717) is 6.04 Å². The monoisotopic (exact) mass is 347 g/mol. The van der Waals surface area contributed by atoms with Crippen LogP contribution in [0, 0.1) is 13.8 Å². The maximum absolute atomic E-state index is 5.23. The Morgan fingerprint density at radius 3 is 2.76 bits per heavy atom. The second kappa shape index (κ2) is 8.70. The van der Waals surface area contributed by atoms with Crippen LogP contribution in [0.25, 0.3) is 0 Å². The van der Waals surface area contributed by atoms with Crippen LogP contribution in [0.1, 0.15) is 56.0 Å². The topological polar surface area (TPSA) is 65.7 Å². The molecule has 1 saturated carbocycles. The summed E-state index contributed by atoms with van der Waals surface area (Å²) in [5.41, 5.74) is 2.17. The van der Waals surface area contributed by atoms with Crippen LogP contribution in [0.4, 0.5) is 0 Å². The van der Waals surface area contributed by atoms with Gasteiger partial charge in [0.1, 0.15) is 5.76 Å². The second-order valence-electron chi connectivity index (χ2n) is 7.38. The van der Waals surface area contributed by atoms with E-state index in [2.05, 4.69) is 27.6 Å². The molecule has 0 radical (unpaired) electrons. The Morgan fingerprint density at radius 1 is 1.28 bits per heavy atom. The van der Waals surface area contributed by atoms with Gasteiger partial charge in [0.15, 0.2) is 5.96 Å². The molecule has 1 aromatic heterocycles. The third-order valence-corrected chi connectivity index (χ3v) is 5.56. The first kappa shape index (κ1) is 18.2. The van der Waals surface area contributed by atoms with Gasteiger partial charge in [0.25, 0.3) is 0 Å². The van der Waals surface area contributed by atoms with Crippen molar-refractivity contribution in [1.29, 1.82) is 0 Å². The lowest BCUT2D eigenvalue weighted by atomic mass is 10.1. The molecule has 2 fully saturated rings. The van der Waals surface area contributed by atoms with Crippen molar-refractivity contribution in [3.8, 4) is 0 Å². The lowest BCUT2D eigenvalue weighted by Gasteiger charge is -2.24. The minimum absolute atomic E-state index is 0.512. The van der Waals surface area contributed by atoms with Crippen LogP contribution >= 0.6 is 0 Å². The Labute approximate surface area is 151 Å². The van der Waals surface area contributed by atoms with Gasteiger partial charge >= 0.3 is 0 Å². The lowest BCUT2D eigenvalue weighted by molar-refractivity contribution is 0.242. The van der Waals surface area contributed by atoms with Gasteiger partial charge in [0.2, 0.25) is 0 Å². The zero-order chi connectivity index (χ0) is 17.6. The van der Waals surface area contributed by atoms with E-state index in [9.17, 15) is 0 Å². The van der Waals surface area contributed by atoms with Gasteiger partial charge in [0.05, 0.1) is 5.69 Å². The Hall–Kier alpha value is -1.56. The van der Waals surface area contributed by atoms with E-state index >= 15 is 0 Å². The molecule has 25 heavy (non-hydrogen) atoms. The van der Waals surface area contributed by atoms with Crippen molar-refractivity contribution in [3.63, 3.8) is 0 Å². The molecule has 2 heterocycles. The molecule has 3 rings (SSSR count). The predicted molar refractivity (Wildman–Crippen MR) is 101 cm³/mol. The molecule has 1 unspecified atom stereocenters. The summed E-state index contributed by atoms with van der Waals surface area (Å²) in [5, 5.41) is 11.0. The SMILES string of the molecule is CCNC(=NCCc1c(C)noc1C)NC1CCN(C2CCCC2)C1. The second-order valence-corrected chi connectivity index (χ2v) is 7.38. The van der Waals surface area contributed by atoms with E-state index in [0.717, 1.165) is 49.5 Å². The van der Waals surface area contributed by atoms with Crippen LogP contribution < -0.4 is 10.6 Å². The average molecular weight is 348 g/mol. The molecule has 1 aromatic rings. The van der Waals surface area contributed by atoms with Gasteiger partial charge in [-0.15, -0.1) is 0 Å². The van der Waals surface area contributed by atoms with Crippen molar-refractivity contribution >= 4 is 5.96 Å². The Balaban J connectivity index is 1.50. The zero-order valence-electron chi connectivity index (χ0n) is 16.0. The summed E-state index contributed by atoms with van der Waals surface area (Å²) >= 11 is 0. The molecule has 2 N–H and O–H groups in total. The predicted octanol–water partition coefficient (Wildman–Crippen LogP) is 2.41.